The molecule has 0 radical (unpaired) electrons. The van der Waals surface area contributed by atoms with E-state index < -0.39 is 0 Å². The first-order chi connectivity index (χ1) is 8.43. The van der Waals surface area contributed by atoms with Crippen molar-refractivity contribution >= 4 is 28.9 Å². The number of hydrogen-bond acceptors (Lipinski definition) is 2. The summed E-state index contributed by atoms with van der Waals surface area (Å²) in [6.07, 6.45) is 1.84. The van der Waals surface area contributed by atoms with Gasteiger partial charge < -0.3 is 10.2 Å². The molecule has 1 aromatic heterocycles. The van der Waals surface area contributed by atoms with E-state index in [9.17, 15) is 0 Å². The average Bonchev–Trinajstić information content (AvgIpc) is 2.67. The highest BCUT2D eigenvalue weighted by Crippen LogP contribution is 2.15. The first-order valence-electron chi connectivity index (χ1n) is 6.14. The minimum absolute atomic E-state index is 0.569. The molecule has 0 spiro atoms. The fourth-order valence-corrected chi connectivity index (χ4v) is 1.79. The molecule has 0 unspecified atom stereocenters. The van der Waals surface area contributed by atoms with Crippen LogP contribution in [0.4, 0.5) is 0 Å². The Balaban J connectivity index is 2.55. The van der Waals surface area contributed by atoms with Gasteiger partial charge in [-0.05, 0) is 25.1 Å². The van der Waals surface area contributed by atoms with Crippen LogP contribution < -0.4 is 5.32 Å². The maximum absolute atomic E-state index is 6.13. The fraction of sp³-hybridized carbons (Fsp3) is 0.667. The first-order valence-corrected chi connectivity index (χ1v) is 6.93. The molecule has 1 aromatic rings. The summed E-state index contributed by atoms with van der Waals surface area (Å²) in [5.41, 5.74) is 0.856. The zero-order chi connectivity index (χ0) is 13.7. The predicted molar refractivity (Wildman–Crippen MR) is 79.8 cm³/mol. The van der Waals surface area contributed by atoms with Crippen LogP contribution in [0.25, 0.3) is 0 Å². The van der Waals surface area contributed by atoms with Gasteiger partial charge in [0.15, 0.2) is 5.11 Å². The minimum Gasteiger partial charge on any atom is -0.362 e. The van der Waals surface area contributed by atoms with Gasteiger partial charge in [0, 0.05) is 26.3 Å². The van der Waals surface area contributed by atoms with Crippen LogP contribution in [0, 0.1) is 5.92 Å². The van der Waals surface area contributed by atoms with E-state index in [1.165, 1.54) is 0 Å². The summed E-state index contributed by atoms with van der Waals surface area (Å²) in [6, 6.07) is 0. The molecular weight excluding hydrogens is 268 g/mol. The Kier molecular flexibility index (Phi) is 5.88. The molecule has 18 heavy (non-hydrogen) atoms. The van der Waals surface area contributed by atoms with Crippen LogP contribution in [0.15, 0.2) is 6.20 Å². The highest BCUT2D eigenvalue weighted by atomic mass is 35.5. The molecule has 0 amide bonds. The number of aromatic nitrogens is 2. The summed E-state index contributed by atoms with van der Waals surface area (Å²) in [5, 5.41) is 9.04. The Morgan fingerprint density at radius 1 is 1.61 bits per heavy atom. The molecular formula is C12H21ClN4S. The highest BCUT2D eigenvalue weighted by molar-refractivity contribution is 7.80. The van der Waals surface area contributed by atoms with E-state index in [-0.39, 0.29) is 0 Å². The Morgan fingerprint density at radius 3 is 2.78 bits per heavy atom. The Labute approximate surface area is 119 Å². The van der Waals surface area contributed by atoms with Gasteiger partial charge in [0.1, 0.15) is 5.69 Å². The van der Waals surface area contributed by atoms with Crippen molar-refractivity contribution in [2.45, 2.75) is 33.9 Å². The second kappa shape index (κ2) is 6.95. The summed E-state index contributed by atoms with van der Waals surface area (Å²) in [6.45, 7) is 8.64. The van der Waals surface area contributed by atoms with E-state index in [1.54, 1.807) is 0 Å². The van der Waals surface area contributed by atoms with Gasteiger partial charge in [-0.25, -0.2) is 0 Å². The van der Waals surface area contributed by atoms with Gasteiger partial charge in [-0.15, -0.1) is 0 Å². The summed E-state index contributed by atoms with van der Waals surface area (Å²) in [5.74, 6) is 0.569. The van der Waals surface area contributed by atoms with E-state index in [1.807, 2.05) is 29.7 Å². The van der Waals surface area contributed by atoms with Crippen LogP contribution in [0.3, 0.4) is 0 Å². The lowest BCUT2D eigenvalue weighted by Gasteiger charge is -2.21. The first kappa shape index (κ1) is 15.2. The van der Waals surface area contributed by atoms with Crippen LogP contribution >= 0.6 is 23.8 Å². The number of rotatable bonds is 5. The Bertz CT molecular complexity index is 403. The van der Waals surface area contributed by atoms with Crippen LogP contribution in [-0.2, 0) is 13.1 Å². The molecule has 102 valence electrons. The summed E-state index contributed by atoms with van der Waals surface area (Å²) >= 11 is 11.4. The Morgan fingerprint density at radius 2 is 2.28 bits per heavy atom. The smallest absolute Gasteiger partial charge is 0.169 e. The number of nitrogens with zero attached hydrogens (tertiary/aromatic N) is 3. The average molecular weight is 289 g/mol. The normalized spacial score (nSPS) is 10.8. The molecule has 4 nitrogen and oxygen atoms in total. The highest BCUT2D eigenvalue weighted by Gasteiger charge is 2.11. The maximum Gasteiger partial charge on any atom is 0.169 e. The molecule has 0 fully saturated rings. The lowest BCUT2D eigenvalue weighted by molar-refractivity contribution is 0.468. The SMILES string of the molecule is CCn1cc(Cl)c(CN(C)C(=S)NCC(C)C)n1. The number of hydrogen-bond donors (Lipinski definition) is 1. The molecule has 0 atom stereocenters. The van der Waals surface area contributed by atoms with Crippen molar-refractivity contribution in [2.24, 2.45) is 5.92 Å². The zero-order valence-corrected chi connectivity index (χ0v) is 13.0. The van der Waals surface area contributed by atoms with Crippen LogP contribution in [0.5, 0.6) is 0 Å². The van der Waals surface area contributed by atoms with E-state index in [2.05, 4.69) is 24.3 Å². The van der Waals surface area contributed by atoms with Crippen molar-refractivity contribution in [3.8, 4) is 0 Å². The number of aryl methyl sites for hydroxylation is 1. The summed E-state index contributed by atoms with van der Waals surface area (Å²) < 4.78 is 1.83. The molecule has 1 rings (SSSR count). The fourth-order valence-electron chi connectivity index (χ4n) is 1.43. The van der Waals surface area contributed by atoms with Crippen LogP contribution in [0.2, 0.25) is 5.02 Å². The van der Waals surface area contributed by atoms with Crippen LogP contribution in [0.1, 0.15) is 26.5 Å². The summed E-state index contributed by atoms with van der Waals surface area (Å²) in [7, 11) is 1.94. The van der Waals surface area contributed by atoms with Gasteiger partial charge in [0.05, 0.1) is 11.6 Å². The van der Waals surface area contributed by atoms with E-state index in [0.29, 0.717) is 17.5 Å². The third-order valence-electron chi connectivity index (χ3n) is 2.51. The molecule has 0 saturated carbocycles. The standard InChI is InChI=1S/C12H21ClN4S/c1-5-17-7-10(13)11(15-17)8-16(4)12(18)14-6-9(2)3/h7,9H,5-6,8H2,1-4H3,(H,14,18). The number of thiocarbonyl (C=S) groups is 1. The van der Waals surface area contributed by atoms with Crippen molar-refractivity contribution in [2.75, 3.05) is 13.6 Å². The monoisotopic (exact) mass is 288 g/mol. The largest absolute Gasteiger partial charge is 0.362 e. The molecule has 0 aliphatic heterocycles. The molecule has 0 bridgehead atoms. The second-order valence-electron chi connectivity index (χ2n) is 4.72. The maximum atomic E-state index is 6.13. The van der Waals surface area contributed by atoms with E-state index in [4.69, 9.17) is 23.8 Å². The predicted octanol–water partition coefficient (Wildman–Crippen LogP) is 2.52. The number of halogens is 1. The molecule has 0 aromatic carbocycles. The molecule has 0 aliphatic rings. The zero-order valence-electron chi connectivity index (χ0n) is 11.4. The van der Waals surface area contributed by atoms with Crippen molar-refractivity contribution in [1.82, 2.24) is 20.0 Å². The molecule has 6 heteroatoms. The lowest BCUT2D eigenvalue weighted by atomic mass is 10.2. The molecule has 0 saturated heterocycles. The van der Waals surface area contributed by atoms with Gasteiger partial charge >= 0.3 is 0 Å². The molecule has 1 heterocycles. The third-order valence-corrected chi connectivity index (χ3v) is 3.28. The Hall–Kier alpha value is -0.810. The van der Waals surface area contributed by atoms with Crippen molar-refractivity contribution in [1.29, 1.82) is 0 Å². The topological polar surface area (TPSA) is 33.1 Å². The molecule has 0 aliphatic carbocycles. The second-order valence-corrected chi connectivity index (χ2v) is 5.51. The number of nitrogens with one attached hydrogen (secondary N) is 1. The van der Waals surface area contributed by atoms with Gasteiger partial charge in [-0.2, -0.15) is 5.10 Å². The molecule has 1 N–H and O–H groups in total. The lowest BCUT2D eigenvalue weighted by Crippen LogP contribution is -2.38. The quantitative estimate of drug-likeness (QED) is 0.844. The van der Waals surface area contributed by atoms with E-state index in [0.717, 1.165) is 23.9 Å². The van der Waals surface area contributed by atoms with Gasteiger partial charge in [-0.1, -0.05) is 25.4 Å². The van der Waals surface area contributed by atoms with Crippen molar-refractivity contribution < 1.29 is 0 Å². The van der Waals surface area contributed by atoms with Crippen molar-refractivity contribution in [3.05, 3.63) is 16.9 Å². The van der Waals surface area contributed by atoms with Gasteiger partial charge in [0.2, 0.25) is 0 Å². The van der Waals surface area contributed by atoms with Crippen molar-refractivity contribution in [3.63, 3.8) is 0 Å². The van der Waals surface area contributed by atoms with Crippen LogP contribution in [-0.4, -0.2) is 33.4 Å². The third kappa shape index (κ3) is 4.46. The van der Waals surface area contributed by atoms with Gasteiger partial charge in [-0.3, -0.25) is 4.68 Å². The van der Waals surface area contributed by atoms with E-state index >= 15 is 0 Å². The minimum atomic E-state index is 0.569. The van der Waals surface area contributed by atoms with Gasteiger partial charge in [0.25, 0.3) is 0 Å². The summed E-state index contributed by atoms with van der Waals surface area (Å²) in [4.78, 5) is 1.95.